The van der Waals surface area contributed by atoms with Gasteiger partial charge in [0, 0.05) is 0 Å². The molecule has 2 rings (SSSR count). The highest BCUT2D eigenvalue weighted by Gasteiger charge is 2.24. The van der Waals surface area contributed by atoms with Gasteiger partial charge in [0.1, 0.15) is 5.82 Å². The van der Waals surface area contributed by atoms with Gasteiger partial charge in [0.05, 0.1) is 12.2 Å². The third-order valence-electron chi connectivity index (χ3n) is 2.80. The van der Waals surface area contributed by atoms with Crippen molar-refractivity contribution in [1.29, 1.82) is 0 Å². The predicted molar refractivity (Wildman–Crippen MR) is 85.4 cm³/mol. The lowest BCUT2D eigenvalue weighted by atomic mass is 10.1. The van der Waals surface area contributed by atoms with Crippen molar-refractivity contribution in [2.75, 3.05) is 0 Å². The van der Waals surface area contributed by atoms with E-state index >= 15 is 0 Å². The minimum atomic E-state index is -0.182. The van der Waals surface area contributed by atoms with Crippen LogP contribution in [0, 0.1) is 11.7 Å². The number of ether oxygens (including phenoxy) is 1. The molecule has 0 spiro atoms. The monoisotopic (exact) mass is 282 g/mol. The number of hydrogen-bond acceptors (Lipinski definition) is 1. The first-order chi connectivity index (χ1) is 9.52. The van der Waals surface area contributed by atoms with Gasteiger partial charge in [-0.25, -0.2) is 4.39 Å². The van der Waals surface area contributed by atoms with Crippen LogP contribution < -0.4 is 0 Å². The van der Waals surface area contributed by atoms with Crippen LogP contribution in [-0.2, 0) is 4.74 Å². The molecule has 0 aliphatic carbocycles. The van der Waals surface area contributed by atoms with Crippen LogP contribution in [0.4, 0.5) is 4.39 Å². The molecule has 2 heteroatoms. The van der Waals surface area contributed by atoms with Crippen molar-refractivity contribution in [3.8, 4) is 0 Å². The summed E-state index contributed by atoms with van der Waals surface area (Å²) in [6, 6.07) is 6.63. The van der Waals surface area contributed by atoms with Crippen LogP contribution in [0.15, 0.2) is 24.3 Å². The van der Waals surface area contributed by atoms with E-state index in [1.807, 2.05) is 26.0 Å². The molecule has 0 amide bonds. The molecule has 0 radical (unpaired) electrons. The summed E-state index contributed by atoms with van der Waals surface area (Å²) in [5.41, 5.74) is 1.10. The zero-order chi connectivity index (χ0) is 15.5. The smallest absolute Gasteiger partial charge is 0.123 e. The van der Waals surface area contributed by atoms with Gasteiger partial charge in [0.25, 0.3) is 0 Å². The molecule has 0 bridgehead atoms. The molecule has 0 aromatic heterocycles. The van der Waals surface area contributed by atoms with Crippen molar-refractivity contribution >= 4 is 0 Å². The number of hydrogen-bond donors (Lipinski definition) is 0. The predicted octanol–water partition coefficient (Wildman–Crippen LogP) is 6.14. The van der Waals surface area contributed by atoms with Gasteiger partial charge < -0.3 is 4.74 Å². The van der Waals surface area contributed by atoms with Crippen molar-refractivity contribution < 1.29 is 9.13 Å². The molecule has 1 aromatic rings. The first kappa shape index (κ1) is 19.1. The number of rotatable bonds is 2. The summed E-state index contributed by atoms with van der Waals surface area (Å²) in [7, 11) is 0. The fourth-order valence-electron chi connectivity index (χ4n) is 1.93. The van der Waals surface area contributed by atoms with E-state index in [4.69, 9.17) is 4.74 Å². The van der Waals surface area contributed by atoms with Crippen LogP contribution in [0.3, 0.4) is 0 Å². The van der Waals surface area contributed by atoms with E-state index in [0.717, 1.165) is 30.7 Å². The van der Waals surface area contributed by atoms with E-state index in [1.165, 1.54) is 12.1 Å². The first-order valence-corrected chi connectivity index (χ1v) is 7.93. The molecule has 20 heavy (non-hydrogen) atoms. The largest absolute Gasteiger partial charge is 0.370 e. The van der Waals surface area contributed by atoms with Crippen LogP contribution in [0.5, 0.6) is 0 Å². The Bertz CT molecular complexity index is 329. The minimum absolute atomic E-state index is 0.181. The average molecular weight is 282 g/mol. The molecule has 2 atom stereocenters. The molecule has 1 saturated heterocycles. The number of benzene rings is 1. The Morgan fingerprint density at radius 3 is 2.00 bits per heavy atom. The molecule has 1 heterocycles. The lowest BCUT2D eigenvalue weighted by Crippen LogP contribution is -2.04. The fourth-order valence-corrected chi connectivity index (χ4v) is 1.93. The van der Waals surface area contributed by atoms with Gasteiger partial charge in [-0.3, -0.25) is 0 Å². The van der Waals surface area contributed by atoms with E-state index in [9.17, 15) is 4.39 Å². The van der Waals surface area contributed by atoms with Gasteiger partial charge in [-0.05, 0) is 42.9 Å². The second-order valence-corrected chi connectivity index (χ2v) is 5.52. The highest BCUT2D eigenvalue weighted by atomic mass is 19.1. The van der Waals surface area contributed by atoms with E-state index in [-0.39, 0.29) is 11.9 Å². The maximum absolute atomic E-state index is 12.7. The van der Waals surface area contributed by atoms with Gasteiger partial charge in [-0.1, -0.05) is 53.7 Å². The van der Waals surface area contributed by atoms with E-state index < -0.39 is 0 Å². The molecular weight excluding hydrogens is 251 g/mol. The Kier molecular flexibility index (Phi) is 10.4. The van der Waals surface area contributed by atoms with Gasteiger partial charge >= 0.3 is 0 Å². The summed E-state index contributed by atoms with van der Waals surface area (Å²) in [5.74, 6) is 0.652. The van der Waals surface area contributed by atoms with Crippen LogP contribution in [0.25, 0.3) is 0 Å². The van der Waals surface area contributed by atoms with Gasteiger partial charge in [0.2, 0.25) is 0 Å². The normalized spacial score (nSPS) is 20.8. The van der Waals surface area contributed by atoms with Gasteiger partial charge in [0.15, 0.2) is 0 Å². The Hall–Kier alpha value is -0.890. The minimum Gasteiger partial charge on any atom is -0.370 e. The lowest BCUT2D eigenvalue weighted by molar-refractivity contribution is 0.0428. The van der Waals surface area contributed by atoms with E-state index in [2.05, 4.69) is 27.7 Å². The second-order valence-electron chi connectivity index (χ2n) is 5.52. The highest BCUT2D eigenvalue weighted by Crippen LogP contribution is 2.33. The van der Waals surface area contributed by atoms with Crippen molar-refractivity contribution in [2.45, 2.75) is 73.0 Å². The first-order valence-electron chi connectivity index (χ1n) is 7.93. The Balaban J connectivity index is 0.000000521. The maximum atomic E-state index is 12.7. The van der Waals surface area contributed by atoms with Crippen LogP contribution in [-0.4, -0.2) is 6.10 Å². The van der Waals surface area contributed by atoms with Crippen LogP contribution in [0.2, 0.25) is 0 Å². The molecule has 1 nitrogen and oxygen atoms in total. The third-order valence-corrected chi connectivity index (χ3v) is 2.80. The fraction of sp³-hybridized carbons (Fsp3) is 0.667. The number of halogens is 1. The Morgan fingerprint density at radius 1 is 1.10 bits per heavy atom. The summed E-state index contributed by atoms with van der Waals surface area (Å²) < 4.78 is 18.5. The molecular formula is C18H31FO. The van der Waals surface area contributed by atoms with Crippen LogP contribution in [0.1, 0.15) is 72.5 Å². The Labute approximate surface area is 124 Å². The SMILES string of the molecule is CC.CC(C)C.CCC1CC[C@@H](c2ccc(F)cc2)O1. The summed E-state index contributed by atoms with van der Waals surface area (Å²) in [5, 5.41) is 0. The summed E-state index contributed by atoms with van der Waals surface area (Å²) in [4.78, 5) is 0. The zero-order valence-electron chi connectivity index (χ0n) is 13.9. The molecule has 1 aromatic carbocycles. The lowest BCUT2D eigenvalue weighted by Gasteiger charge is -2.12. The molecule has 0 saturated carbocycles. The average Bonchev–Trinajstić information content (AvgIpc) is 2.90. The summed E-state index contributed by atoms with van der Waals surface area (Å²) >= 11 is 0. The Morgan fingerprint density at radius 2 is 1.60 bits per heavy atom. The third kappa shape index (κ3) is 7.64. The molecule has 1 fully saturated rings. The van der Waals surface area contributed by atoms with E-state index in [0.29, 0.717) is 6.10 Å². The van der Waals surface area contributed by atoms with Crippen molar-refractivity contribution in [3.05, 3.63) is 35.6 Å². The maximum Gasteiger partial charge on any atom is 0.123 e. The van der Waals surface area contributed by atoms with Gasteiger partial charge in [-0.15, -0.1) is 0 Å². The second kappa shape index (κ2) is 10.8. The molecule has 1 aliphatic heterocycles. The van der Waals surface area contributed by atoms with Crippen molar-refractivity contribution in [3.63, 3.8) is 0 Å². The van der Waals surface area contributed by atoms with Gasteiger partial charge in [-0.2, -0.15) is 0 Å². The quantitative estimate of drug-likeness (QED) is 0.632. The molecule has 1 unspecified atom stereocenters. The standard InChI is InChI=1S/C12H15FO.C4H10.C2H6/c1-2-11-7-8-12(14-11)9-3-5-10(13)6-4-9;1-4(2)3;1-2/h3-6,11-12H,2,7-8H2,1H3;4H,1-3H3;1-2H3/t11?,12-;;/m0../s1. The summed E-state index contributed by atoms with van der Waals surface area (Å²) in [6.45, 7) is 12.6. The topological polar surface area (TPSA) is 9.23 Å². The zero-order valence-corrected chi connectivity index (χ0v) is 13.9. The van der Waals surface area contributed by atoms with Crippen LogP contribution >= 0.6 is 0 Å². The van der Waals surface area contributed by atoms with Crippen molar-refractivity contribution in [2.24, 2.45) is 5.92 Å². The van der Waals surface area contributed by atoms with E-state index in [1.54, 1.807) is 0 Å². The highest BCUT2D eigenvalue weighted by molar-refractivity contribution is 5.19. The molecule has 0 N–H and O–H groups in total. The van der Waals surface area contributed by atoms with Crippen molar-refractivity contribution in [1.82, 2.24) is 0 Å². The molecule has 1 aliphatic rings. The summed E-state index contributed by atoms with van der Waals surface area (Å²) in [6.07, 6.45) is 3.83. The molecule has 116 valence electrons.